The fraction of sp³-hybridized carbons (Fsp3) is 0.429. The number of nitrogens with zero attached hydrogens (tertiary/aromatic N) is 1. The molecule has 0 saturated carbocycles. The van der Waals surface area contributed by atoms with Gasteiger partial charge in [-0.1, -0.05) is 24.3 Å². The van der Waals surface area contributed by atoms with Crippen LogP contribution in [0.4, 0.5) is 5.69 Å². The Morgan fingerprint density at radius 1 is 1.31 bits per heavy atom. The minimum absolute atomic E-state index is 0.0699. The van der Waals surface area contributed by atoms with Crippen molar-refractivity contribution >= 4 is 5.69 Å². The molecule has 2 atom stereocenters. The van der Waals surface area contributed by atoms with Crippen LogP contribution in [0.1, 0.15) is 19.3 Å². The molecule has 1 aromatic rings. The molecule has 0 bridgehead atoms. The van der Waals surface area contributed by atoms with E-state index in [9.17, 15) is 0 Å². The molecular weight excluding hydrogens is 196 g/mol. The maximum atomic E-state index is 6.12. The van der Waals surface area contributed by atoms with Crippen molar-refractivity contribution in [3.05, 3.63) is 43.0 Å². The van der Waals surface area contributed by atoms with E-state index in [1.807, 2.05) is 6.08 Å². The Morgan fingerprint density at radius 2 is 2.06 bits per heavy atom. The summed E-state index contributed by atoms with van der Waals surface area (Å²) < 4.78 is 0. The van der Waals surface area contributed by atoms with E-state index in [-0.39, 0.29) is 6.04 Å². The van der Waals surface area contributed by atoms with Crippen LogP contribution in [0.3, 0.4) is 0 Å². The van der Waals surface area contributed by atoms with Crippen molar-refractivity contribution in [2.24, 2.45) is 5.73 Å². The van der Waals surface area contributed by atoms with Crippen molar-refractivity contribution in [2.45, 2.75) is 31.3 Å². The van der Waals surface area contributed by atoms with Gasteiger partial charge in [0.05, 0.1) is 0 Å². The highest BCUT2D eigenvalue weighted by Gasteiger charge is 2.26. The molecule has 0 aliphatic carbocycles. The van der Waals surface area contributed by atoms with Gasteiger partial charge in [0, 0.05) is 24.3 Å². The Hall–Kier alpha value is -1.28. The zero-order valence-electron chi connectivity index (χ0n) is 9.68. The van der Waals surface area contributed by atoms with E-state index in [1.54, 1.807) is 0 Å². The van der Waals surface area contributed by atoms with Crippen molar-refractivity contribution in [1.82, 2.24) is 0 Å². The average Bonchev–Trinajstić information content (AvgIpc) is 2.39. The predicted molar refractivity (Wildman–Crippen MR) is 69.6 cm³/mol. The third-order valence-corrected chi connectivity index (χ3v) is 3.35. The summed E-state index contributed by atoms with van der Waals surface area (Å²) in [5.41, 5.74) is 7.40. The molecule has 2 rings (SSSR count). The third-order valence-electron chi connectivity index (χ3n) is 3.35. The first-order chi connectivity index (χ1) is 7.83. The zero-order chi connectivity index (χ0) is 11.4. The monoisotopic (exact) mass is 216 g/mol. The molecule has 16 heavy (non-hydrogen) atoms. The van der Waals surface area contributed by atoms with Gasteiger partial charge in [-0.3, -0.25) is 0 Å². The summed E-state index contributed by atoms with van der Waals surface area (Å²) >= 11 is 0. The fourth-order valence-corrected chi connectivity index (χ4v) is 2.45. The van der Waals surface area contributed by atoms with Gasteiger partial charge in [-0.25, -0.2) is 0 Å². The molecule has 0 amide bonds. The lowest BCUT2D eigenvalue weighted by Crippen LogP contribution is -2.49. The molecule has 1 heterocycles. The highest BCUT2D eigenvalue weighted by atomic mass is 15.2. The standard InChI is InChI=1S/C14H20N2/c1-2-13(15)14-10-6-7-11-16(14)12-8-4-3-5-9-12/h2-5,8-9,13-14H,1,6-7,10-11,15H2. The molecule has 0 spiro atoms. The molecule has 1 saturated heterocycles. The number of para-hydroxylation sites is 1. The predicted octanol–water partition coefficient (Wildman–Crippen LogP) is 2.56. The van der Waals surface area contributed by atoms with Gasteiger partial charge in [0.1, 0.15) is 0 Å². The van der Waals surface area contributed by atoms with Crippen LogP contribution < -0.4 is 10.6 Å². The lowest BCUT2D eigenvalue weighted by molar-refractivity contribution is 0.431. The smallest absolute Gasteiger partial charge is 0.0476 e. The number of rotatable bonds is 3. The molecule has 86 valence electrons. The van der Waals surface area contributed by atoms with Crippen LogP contribution in [0.5, 0.6) is 0 Å². The summed E-state index contributed by atoms with van der Waals surface area (Å²) in [4.78, 5) is 2.43. The molecule has 2 unspecified atom stereocenters. The van der Waals surface area contributed by atoms with E-state index in [2.05, 4.69) is 41.8 Å². The van der Waals surface area contributed by atoms with E-state index in [0.717, 1.165) is 6.54 Å². The Bertz CT molecular complexity index is 334. The van der Waals surface area contributed by atoms with Crippen molar-refractivity contribution in [3.63, 3.8) is 0 Å². The highest BCUT2D eigenvalue weighted by molar-refractivity contribution is 5.48. The second-order valence-electron chi connectivity index (χ2n) is 4.41. The number of anilines is 1. The highest BCUT2D eigenvalue weighted by Crippen LogP contribution is 2.25. The maximum Gasteiger partial charge on any atom is 0.0476 e. The first kappa shape index (κ1) is 11.2. The van der Waals surface area contributed by atoms with Gasteiger partial charge in [0.25, 0.3) is 0 Å². The lowest BCUT2D eigenvalue weighted by atomic mass is 9.95. The molecule has 1 aromatic carbocycles. The molecule has 2 N–H and O–H groups in total. The van der Waals surface area contributed by atoms with Gasteiger partial charge in [-0.2, -0.15) is 0 Å². The second kappa shape index (κ2) is 5.17. The third kappa shape index (κ3) is 2.27. The molecular formula is C14H20N2. The molecule has 0 aromatic heterocycles. The van der Waals surface area contributed by atoms with E-state index in [4.69, 9.17) is 5.73 Å². The summed E-state index contributed by atoms with van der Waals surface area (Å²) in [5, 5.41) is 0. The molecule has 1 aliphatic rings. The fourth-order valence-electron chi connectivity index (χ4n) is 2.45. The topological polar surface area (TPSA) is 29.3 Å². The van der Waals surface area contributed by atoms with Crippen molar-refractivity contribution < 1.29 is 0 Å². The summed E-state index contributed by atoms with van der Waals surface area (Å²) in [6.45, 7) is 4.92. The van der Waals surface area contributed by atoms with E-state index in [1.165, 1.54) is 24.9 Å². The summed E-state index contributed by atoms with van der Waals surface area (Å²) in [5.74, 6) is 0. The van der Waals surface area contributed by atoms with E-state index >= 15 is 0 Å². The van der Waals surface area contributed by atoms with E-state index in [0.29, 0.717) is 6.04 Å². The Labute approximate surface area is 97.8 Å². The van der Waals surface area contributed by atoms with Crippen LogP contribution >= 0.6 is 0 Å². The van der Waals surface area contributed by atoms with Crippen LogP contribution in [-0.2, 0) is 0 Å². The van der Waals surface area contributed by atoms with Crippen molar-refractivity contribution in [2.75, 3.05) is 11.4 Å². The second-order valence-corrected chi connectivity index (χ2v) is 4.41. The van der Waals surface area contributed by atoms with Crippen LogP contribution in [0, 0.1) is 0 Å². The van der Waals surface area contributed by atoms with Crippen molar-refractivity contribution in [3.8, 4) is 0 Å². The zero-order valence-corrected chi connectivity index (χ0v) is 9.68. The van der Waals surface area contributed by atoms with Gasteiger partial charge in [-0.15, -0.1) is 6.58 Å². The van der Waals surface area contributed by atoms with Gasteiger partial charge in [0.2, 0.25) is 0 Å². The Morgan fingerprint density at radius 3 is 2.75 bits per heavy atom. The minimum Gasteiger partial charge on any atom is -0.367 e. The minimum atomic E-state index is 0.0699. The number of piperidine rings is 1. The molecule has 2 nitrogen and oxygen atoms in total. The Kier molecular flexibility index (Phi) is 3.62. The summed E-state index contributed by atoms with van der Waals surface area (Å²) in [6, 6.07) is 11.0. The first-order valence-electron chi connectivity index (χ1n) is 6.03. The van der Waals surface area contributed by atoms with Crippen LogP contribution in [0.15, 0.2) is 43.0 Å². The van der Waals surface area contributed by atoms with E-state index < -0.39 is 0 Å². The van der Waals surface area contributed by atoms with Gasteiger partial charge >= 0.3 is 0 Å². The van der Waals surface area contributed by atoms with Gasteiger partial charge in [-0.05, 0) is 31.4 Å². The van der Waals surface area contributed by atoms with Crippen molar-refractivity contribution in [1.29, 1.82) is 0 Å². The Balaban J connectivity index is 2.19. The maximum absolute atomic E-state index is 6.12. The number of benzene rings is 1. The van der Waals surface area contributed by atoms with Crippen LogP contribution in [-0.4, -0.2) is 18.6 Å². The first-order valence-corrected chi connectivity index (χ1v) is 6.03. The number of hydrogen-bond acceptors (Lipinski definition) is 2. The number of nitrogens with two attached hydrogens (primary N) is 1. The molecule has 0 radical (unpaired) electrons. The largest absolute Gasteiger partial charge is 0.367 e. The average molecular weight is 216 g/mol. The molecule has 1 fully saturated rings. The van der Waals surface area contributed by atoms with Gasteiger partial charge in [0.15, 0.2) is 0 Å². The van der Waals surface area contributed by atoms with Crippen LogP contribution in [0.2, 0.25) is 0 Å². The normalized spacial score (nSPS) is 22.8. The molecule has 1 aliphatic heterocycles. The SMILES string of the molecule is C=CC(N)C1CCCCN1c1ccccc1. The van der Waals surface area contributed by atoms with Crippen LogP contribution in [0.25, 0.3) is 0 Å². The lowest BCUT2D eigenvalue weighted by Gasteiger charge is -2.40. The summed E-state index contributed by atoms with van der Waals surface area (Å²) in [7, 11) is 0. The van der Waals surface area contributed by atoms with Gasteiger partial charge < -0.3 is 10.6 Å². The number of hydrogen-bond donors (Lipinski definition) is 1. The summed E-state index contributed by atoms with van der Waals surface area (Å²) in [6.07, 6.45) is 5.57. The molecule has 2 heteroatoms. The quantitative estimate of drug-likeness (QED) is 0.787.